The summed E-state index contributed by atoms with van der Waals surface area (Å²) in [5.74, 6) is 0.963. The highest BCUT2D eigenvalue weighted by Crippen LogP contribution is 2.18. The molecular formula is C19H20N2O. The molecule has 0 N–H and O–H groups in total. The SMILES string of the molecule is CCOCCn1c(C=Cc2ccccc2)nc2ccccc21. The Kier molecular flexibility index (Phi) is 4.66. The zero-order chi connectivity index (χ0) is 15.2. The van der Waals surface area contributed by atoms with Gasteiger partial charge in [0.05, 0.1) is 17.6 Å². The molecule has 0 saturated carbocycles. The molecule has 3 aromatic rings. The maximum absolute atomic E-state index is 5.50. The van der Waals surface area contributed by atoms with E-state index in [0.29, 0.717) is 6.61 Å². The molecule has 0 saturated heterocycles. The first kappa shape index (κ1) is 14.5. The molecule has 0 aliphatic carbocycles. The number of para-hydroxylation sites is 2. The Labute approximate surface area is 130 Å². The van der Waals surface area contributed by atoms with Gasteiger partial charge in [-0.3, -0.25) is 0 Å². The maximum atomic E-state index is 5.50. The summed E-state index contributed by atoms with van der Waals surface area (Å²) < 4.78 is 7.71. The number of rotatable bonds is 6. The van der Waals surface area contributed by atoms with Crippen molar-refractivity contribution in [3.8, 4) is 0 Å². The van der Waals surface area contributed by atoms with Crippen molar-refractivity contribution in [2.45, 2.75) is 13.5 Å². The summed E-state index contributed by atoms with van der Waals surface area (Å²) in [5, 5.41) is 0. The monoisotopic (exact) mass is 292 g/mol. The predicted octanol–water partition coefficient (Wildman–Crippen LogP) is 4.24. The van der Waals surface area contributed by atoms with Crippen LogP contribution in [-0.2, 0) is 11.3 Å². The lowest BCUT2D eigenvalue weighted by Crippen LogP contribution is -2.07. The van der Waals surface area contributed by atoms with Gasteiger partial charge in [0, 0.05) is 13.2 Å². The van der Waals surface area contributed by atoms with Gasteiger partial charge in [-0.2, -0.15) is 0 Å². The van der Waals surface area contributed by atoms with E-state index >= 15 is 0 Å². The van der Waals surface area contributed by atoms with Crippen molar-refractivity contribution in [2.75, 3.05) is 13.2 Å². The lowest BCUT2D eigenvalue weighted by Gasteiger charge is -2.07. The van der Waals surface area contributed by atoms with Crippen LogP contribution in [0.2, 0.25) is 0 Å². The van der Waals surface area contributed by atoms with Crippen molar-refractivity contribution in [2.24, 2.45) is 0 Å². The zero-order valence-corrected chi connectivity index (χ0v) is 12.8. The molecule has 0 amide bonds. The average Bonchev–Trinajstić information content (AvgIpc) is 2.92. The Morgan fingerprint density at radius 1 is 1.00 bits per heavy atom. The van der Waals surface area contributed by atoms with Gasteiger partial charge in [0.15, 0.2) is 0 Å². The molecule has 112 valence electrons. The van der Waals surface area contributed by atoms with Crippen molar-refractivity contribution in [1.82, 2.24) is 9.55 Å². The van der Waals surface area contributed by atoms with E-state index in [4.69, 9.17) is 9.72 Å². The standard InChI is InChI=1S/C19H20N2O/c1-2-22-15-14-21-18-11-7-6-10-17(18)20-19(21)13-12-16-8-4-3-5-9-16/h3-13H,2,14-15H2,1H3. The van der Waals surface area contributed by atoms with E-state index in [-0.39, 0.29) is 0 Å². The molecule has 0 fully saturated rings. The fraction of sp³-hybridized carbons (Fsp3) is 0.211. The topological polar surface area (TPSA) is 27.1 Å². The van der Waals surface area contributed by atoms with Gasteiger partial charge in [-0.1, -0.05) is 48.5 Å². The Morgan fingerprint density at radius 3 is 2.59 bits per heavy atom. The highest BCUT2D eigenvalue weighted by atomic mass is 16.5. The molecule has 22 heavy (non-hydrogen) atoms. The number of fused-ring (bicyclic) bond motifs is 1. The van der Waals surface area contributed by atoms with Crippen LogP contribution in [-0.4, -0.2) is 22.8 Å². The van der Waals surface area contributed by atoms with E-state index in [1.807, 2.05) is 43.3 Å². The molecule has 0 aliphatic heterocycles. The summed E-state index contributed by atoms with van der Waals surface area (Å²) in [6.07, 6.45) is 4.17. The van der Waals surface area contributed by atoms with Gasteiger partial charge in [-0.15, -0.1) is 0 Å². The highest BCUT2D eigenvalue weighted by molar-refractivity contribution is 5.79. The Bertz CT molecular complexity index is 759. The van der Waals surface area contributed by atoms with Crippen LogP contribution in [0.15, 0.2) is 54.6 Å². The normalized spacial score (nSPS) is 11.5. The van der Waals surface area contributed by atoms with E-state index in [9.17, 15) is 0 Å². The molecule has 0 bridgehead atoms. The van der Waals surface area contributed by atoms with Crippen molar-refractivity contribution < 1.29 is 4.74 Å². The van der Waals surface area contributed by atoms with Crippen molar-refractivity contribution in [3.63, 3.8) is 0 Å². The predicted molar refractivity (Wildman–Crippen MR) is 91.6 cm³/mol. The Morgan fingerprint density at radius 2 is 1.77 bits per heavy atom. The van der Waals surface area contributed by atoms with Crippen molar-refractivity contribution in [1.29, 1.82) is 0 Å². The number of benzene rings is 2. The number of ether oxygens (including phenoxy) is 1. The summed E-state index contributed by atoms with van der Waals surface area (Å²) >= 11 is 0. The molecule has 1 aromatic heterocycles. The van der Waals surface area contributed by atoms with E-state index in [2.05, 4.69) is 34.9 Å². The van der Waals surface area contributed by atoms with E-state index in [1.165, 1.54) is 5.56 Å². The van der Waals surface area contributed by atoms with Gasteiger partial charge in [-0.05, 0) is 30.7 Å². The number of aromatic nitrogens is 2. The minimum atomic E-state index is 0.697. The van der Waals surface area contributed by atoms with E-state index in [0.717, 1.165) is 30.0 Å². The second kappa shape index (κ2) is 7.05. The van der Waals surface area contributed by atoms with Crippen LogP contribution in [0.3, 0.4) is 0 Å². The van der Waals surface area contributed by atoms with Crippen LogP contribution in [0.25, 0.3) is 23.2 Å². The Hall–Kier alpha value is -2.39. The molecule has 0 unspecified atom stereocenters. The lowest BCUT2D eigenvalue weighted by molar-refractivity contribution is 0.139. The first-order valence-corrected chi connectivity index (χ1v) is 7.64. The van der Waals surface area contributed by atoms with Crippen LogP contribution in [0.1, 0.15) is 18.3 Å². The highest BCUT2D eigenvalue weighted by Gasteiger charge is 2.07. The molecule has 3 nitrogen and oxygen atoms in total. The van der Waals surface area contributed by atoms with Gasteiger partial charge in [0.1, 0.15) is 5.82 Å². The quantitative estimate of drug-likeness (QED) is 0.635. The molecule has 0 atom stereocenters. The van der Waals surface area contributed by atoms with Gasteiger partial charge >= 0.3 is 0 Å². The van der Waals surface area contributed by atoms with Crippen molar-refractivity contribution >= 4 is 23.2 Å². The first-order valence-electron chi connectivity index (χ1n) is 7.64. The van der Waals surface area contributed by atoms with Gasteiger partial charge < -0.3 is 9.30 Å². The molecular weight excluding hydrogens is 272 g/mol. The summed E-state index contributed by atoms with van der Waals surface area (Å²) in [6, 6.07) is 18.5. The third-order valence-corrected chi connectivity index (χ3v) is 3.57. The van der Waals surface area contributed by atoms with Crippen LogP contribution in [0.4, 0.5) is 0 Å². The molecule has 3 rings (SSSR count). The Balaban J connectivity index is 1.93. The molecule has 1 heterocycles. The van der Waals surface area contributed by atoms with Crippen LogP contribution >= 0.6 is 0 Å². The lowest BCUT2D eigenvalue weighted by atomic mass is 10.2. The first-order chi connectivity index (χ1) is 10.9. The smallest absolute Gasteiger partial charge is 0.133 e. The second-order valence-corrected chi connectivity index (χ2v) is 5.05. The maximum Gasteiger partial charge on any atom is 0.133 e. The summed E-state index contributed by atoms with van der Waals surface area (Å²) in [5.41, 5.74) is 3.34. The molecule has 0 aliphatic rings. The molecule has 3 heteroatoms. The van der Waals surface area contributed by atoms with Gasteiger partial charge in [0.2, 0.25) is 0 Å². The number of nitrogens with zero attached hydrogens (tertiary/aromatic N) is 2. The molecule has 0 spiro atoms. The summed E-state index contributed by atoms with van der Waals surface area (Å²) in [7, 11) is 0. The summed E-state index contributed by atoms with van der Waals surface area (Å²) in [6.45, 7) is 4.26. The molecule has 0 radical (unpaired) electrons. The van der Waals surface area contributed by atoms with E-state index in [1.54, 1.807) is 0 Å². The van der Waals surface area contributed by atoms with Crippen molar-refractivity contribution in [3.05, 3.63) is 66.0 Å². The van der Waals surface area contributed by atoms with Crippen LogP contribution in [0, 0.1) is 0 Å². The fourth-order valence-corrected chi connectivity index (χ4v) is 2.49. The number of hydrogen-bond acceptors (Lipinski definition) is 2. The van der Waals surface area contributed by atoms with Crippen LogP contribution < -0.4 is 0 Å². The second-order valence-electron chi connectivity index (χ2n) is 5.05. The number of imidazole rings is 1. The van der Waals surface area contributed by atoms with E-state index < -0.39 is 0 Å². The number of hydrogen-bond donors (Lipinski definition) is 0. The van der Waals surface area contributed by atoms with Crippen LogP contribution in [0.5, 0.6) is 0 Å². The molecule has 2 aromatic carbocycles. The largest absolute Gasteiger partial charge is 0.380 e. The fourth-order valence-electron chi connectivity index (χ4n) is 2.49. The minimum absolute atomic E-state index is 0.697. The third-order valence-electron chi connectivity index (χ3n) is 3.57. The van der Waals surface area contributed by atoms with Gasteiger partial charge in [-0.25, -0.2) is 4.98 Å². The summed E-state index contributed by atoms with van der Waals surface area (Å²) in [4.78, 5) is 4.73. The zero-order valence-electron chi connectivity index (χ0n) is 12.8. The van der Waals surface area contributed by atoms with Gasteiger partial charge in [0.25, 0.3) is 0 Å². The third kappa shape index (κ3) is 3.26. The minimum Gasteiger partial charge on any atom is -0.380 e. The average molecular weight is 292 g/mol.